The molecule has 0 aliphatic rings. The van der Waals surface area contributed by atoms with Crippen LogP contribution in [0.1, 0.15) is 19.8 Å². The summed E-state index contributed by atoms with van der Waals surface area (Å²) in [6.07, 6.45) is 2.03. The van der Waals surface area contributed by atoms with Crippen molar-refractivity contribution in [2.75, 3.05) is 11.9 Å². The van der Waals surface area contributed by atoms with Crippen LogP contribution in [-0.2, 0) is 0 Å². The monoisotopic (exact) mass is 304 g/mol. The molecular formula is C11H14BrClN2O. The van der Waals surface area contributed by atoms with Crippen LogP contribution in [0, 0.1) is 0 Å². The minimum absolute atomic E-state index is 0.212. The number of halogens is 2. The van der Waals surface area contributed by atoms with Crippen LogP contribution in [0.5, 0.6) is 0 Å². The van der Waals surface area contributed by atoms with Gasteiger partial charge in [0, 0.05) is 6.54 Å². The fraction of sp³-hybridized carbons (Fsp3) is 0.364. The summed E-state index contributed by atoms with van der Waals surface area (Å²) in [5.41, 5.74) is 0.668. The molecule has 2 amide bonds. The summed E-state index contributed by atoms with van der Waals surface area (Å²) in [6, 6.07) is 5.12. The Kier molecular flexibility index (Phi) is 5.63. The van der Waals surface area contributed by atoms with Crippen molar-refractivity contribution in [3.63, 3.8) is 0 Å². The lowest BCUT2D eigenvalue weighted by Crippen LogP contribution is -2.29. The van der Waals surface area contributed by atoms with Crippen LogP contribution in [-0.4, -0.2) is 12.6 Å². The zero-order valence-electron chi connectivity index (χ0n) is 9.02. The molecular weight excluding hydrogens is 291 g/mol. The highest BCUT2D eigenvalue weighted by molar-refractivity contribution is 9.10. The third-order valence-corrected chi connectivity index (χ3v) is 3.41. The second-order valence-electron chi connectivity index (χ2n) is 3.34. The Morgan fingerprint density at radius 1 is 1.50 bits per heavy atom. The highest BCUT2D eigenvalue weighted by atomic mass is 79.9. The summed E-state index contributed by atoms with van der Waals surface area (Å²) in [4.78, 5) is 11.5. The summed E-state index contributed by atoms with van der Waals surface area (Å²) in [5, 5.41) is 6.07. The molecule has 1 aromatic carbocycles. The lowest BCUT2D eigenvalue weighted by molar-refractivity contribution is 0.252. The van der Waals surface area contributed by atoms with E-state index in [4.69, 9.17) is 11.6 Å². The van der Waals surface area contributed by atoms with Gasteiger partial charge in [0.15, 0.2) is 0 Å². The number of hydrogen-bond acceptors (Lipinski definition) is 1. The highest BCUT2D eigenvalue weighted by Gasteiger charge is 2.06. The summed E-state index contributed by atoms with van der Waals surface area (Å²) in [7, 11) is 0. The molecule has 0 spiro atoms. The third kappa shape index (κ3) is 4.02. The van der Waals surface area contributed by atoms with Gasteiger partial charge < -0.3 is 10.6 Å². The van der Waals surface area contributed by atoms with Crippen LogP contribution >= 0.6 is 27.5 Å². The van der Waals surface area contributed by atoms with Crippen molar-refractivity contribution in [3.05, 3.63) is 27.7 Å². The Bertz CT molecular complexity index is 371. The Hall–Kier alpha value is -0.740. The molecule has 0 aliphatic carbocycles. The van der Waals surface area contributed by atoms with Crippen molar-refractivity contribution in [1.82, 2.24) is 5.32 Å². The van der Waals surface area contributed by atoms with Crippen molar-refractivity contribution in [2.45, 2.75) is 19.8 Å². The second kappa shape index (κ2) is 6.76. The number of rotatable bonds is 4. The number of amides is 2. The van der Waals surface area contributed by atoms with Crippen molar-refractivity contribution in [2.24, 2.45) is 0 Å². The van der Waals surface area contributed by atoms with Gasteiger partial charge in [-0.2, -0.15) is 0 Å². The van der Waals surface area contributed by atoms with Gasteiger partial charge in [0.1, 0.15) is 0 Å². The van der Waals surface area contributed by atoms with Gasteiger partial charge in [-0.3, -0.25) is 0 Å². The normalized spacial score (nSPS) is 9.94. The van der Waals surface area contributed by atoms with Gasteiger partial charge in [-0.05, 0) is 34.5 Å². The molecule has 0 bridgehead atoms. The van der Waals surface area contributed by atoms with Gasteiger partial charge in [-0.25, -0.2) is 4.79 Å². The van der Waals surface area contributed by atoms with Crippen molar-refractivity contribution in [3.8, 4) is 0 Å². The molecule has 0 unspecified atom stereocenters. The van der Waals surface area contributed by atoms with Crippen LogP contribution in [0.2, 0.25) is 5.02 Å². The quantitative estimate of drug-likeness (QED) is 0.810. The van der Waals surface area contributed by atoms with Gasteiger partial charge in [0.2, 0.25) is 0 Å². The van der Waals surface area contributed by atoms with Gasteiger partial charge in [-0.1, -0.05) is 31.0 Å². The van der Waals surface area contributed by atoms with E-state index in [1.54, 1.807) is 18.2 Å². The van der Waals surface area contributed by atoms with Crippen LogP contribution in [0.4, 0.5) is 10.5 Å². The zero-order valence-corrected chi connectivity index (χ0v) is 11.4. The third-order valence-electron chi connectivity index (χ3n) is 2.02. The SMILES string of the molecule is CCCCNC(=O)Nc1cccc(Cl)c1Br. The highest BCUT2D eigenvalue weighted by Crippen LogP contribution is 2.29. The van der Waals surface area contributed by atoms with E-state index in [1.165, 1.54) is 0 Å². The molecule has 0 atom stereocenters. The van der Waals surface area contributed by atoms with E-state index in [-0.39, 0.29) is 6.03 Å². The Morgan fingerprint density at radius 3 is 2.94 bits per heavy atom. The maximum absolute atomic E-state index is 11.5. The second-order valence-corrected chi connectivity index (χ2v) is 4.54. The predicted molar refractivity (Wildman–Crippen MR) is 71.1 cm³/mol. The molecule has 0 saturated heterocycles. The zero-order chi connectivity index (χ0) is 12.0. The fourth-order valence-corrected chi connectivity index (χ4v) is 1.68. The van der Waals surface area contributed by atoms with E-state index in [2.05, 4.69) is 33.5 Å². The predicted octanol–water partition coefficient (Wildman–Crippen LogP) is 4.02. The first kappa shape index (κ1) is 13.3. The van der Waals surface area contributed by atoms with Crippen LogP contribution in [0.3, 0.4) is 0 Å². The standard InChI is InChI=1S/C11H14BrClN2O/c1-2-3-7-14-11(16)15-9-6-4-5-8(13)10(9)12/h4-6H,2-3,7H2,1H3,(H2,14,15,16). The molecule has 0 saturated carbocycles. The van der Waals surface area contributed by atoms with Crippen molar-refractivity contribution in [1.29, 1.82) is 0 Å². The van der Waals surface area contributed by atoms with E-state index < -0.39 is 0 Å². The van der Waals surface area contributed by atoms with E-state index in [0.29, 0.717) is 21.7 Å². The van der Waals surface area contributed by atoms with Crippen molar-refractivity contribution < 1.29 is 4.79 Å². The average Bonchev–Trinajstić information content (AvgIpc) is 2.25. The Labute approximate surface area is 109 Å². The molecule has 1 rings (SSSR count). The Balaban J connectivity index is 2.53. The average molecular weight is 306 g/mol. The number of unbranched alkanes of at least 4 members (excludes halogenated alkanes) is 1. The summed E-state index contributed by atoms with van der Waals surface area (Å²) < 4.78 is 0.697. The smallest absolute Gasteiger partial charge is 0.319 e. The molecule has 0 aliphatic heterocycles. The van der Waals surface area contributed by atoms with E-state index in [9.17, 15) is 4.79 Å². The van der Waals surface area contributed by atoms with Crippen molar-refractivity contribution >= 4 is 39.2 Å². The molecule has 0 aromatic heterocycles. The first-order valence-electron chi connectivity index (χ1n) is 5.14. The van der Waals surface area contributed by atoms with E-state index in [1.807, 2.05) is 0 Å². The van der Waals surface area contributed by atoms with Gasteiger partial charge in [0.25, 0.3) is 0 Å². The summed E-state index contributed by atoms with van der Waals surface area (Å²) in [6.45, 7) is 2.76. The van der Waals surface area contributed by atoms with E-state index >= 15 is 0 Å². The molecule has 0 fully saturated rings. The van der Waals surface area contributed by atoms with Crippen LogP contribution in [0.15, 0.2) is 22.7 Å². The lowest BCUT2D eigenvalue weighted by Gasteiger charge is -2.09. The summed E-state index contributed by atoms with van der Waals surface area (Å²) in [5.74, 6) is 0. The summed E-state index contributed by atoms with van der Waals surface area (Å²) >= 11 is 9.22. The number of hydrogen-bond donors (Lipinski definition) is 2. The molecule has 1 aromatic rings. The van der Waals surface area contributed by atoms with E-state index in [0.717, 1.165) is 12.8 Å². The first-order valence-corrected chi connectivity index (χ1v) is 6.31. The molecule has 88 valence electrons. The molecule has 16 heavy (non-hydrogen) atoms. The number of anilines is 1. The first-order chi connectivity index (χ1) is 7.65. The number of carbonyl (C=O) groups excluding carboxylic acids is 1. The van der Waals surface area contributed by atoms with Gasteiger partial charge >= 0.3 is 6.03 Å². The maximum Gasteiger partial charge on any atom is 0.319 e. The molecule has 2 N–H and O–H groups in total. The molecule has 3 nitrogen and oxygen atoms in total. The largest absolute Gasteiger partial charge is 0.338 e. The molecule has 5 heteroatoms. The maximum atomic E-state index is 11.5. The Morgan fingerprint density at radius 2 is 2.25 bits per heavy atom. The van der Waals surface area contributed by atoms with Crippen LogP contribution in [0.25, 0.3) is 0 Å². The van der Waals surface area contributed by atoms with Gasteiger partial charge in [0.05, 0.1) is 15.2 Å². The fourth-order valence-electron chi connectivity index (χ4n) is 1.15. The number of nitrogens with one attached hydrogen (secondary N) is 2. The lowest BCUT2D eigenvalue weighted by atomic mass is 10.3. The number of urea groups is 1. The van der Waals surface area contributed by atoms with Gasteiger partial charge in [-0.15, -0.1) is 0 Å². The topological polar surface area (TPSA) is 41.1 Å². The minimum atomic E-state index is -0.212. The molecule has 0 heterocycles. The minimum Gasteiger partial charge on any atom is -0.338 e. The van der Waals surface area contributed by atoms with Crippen LogP contribution < -0.4 is 10.6 Å². The number of benzene rings is 1. The number of carbonyl (C=O) groups is 1. The molecule has 0 radical (unpaired) electrons.